The van der Waals surface area contributed by atoms with Crippen molar-refractivity contribution in [2.24, 2.45) is 0 Å². The molecular weight excluding hydrogens is 401 g/mol. The Morgan fingerprint density at radius 2 is 1.64 bits per heavy atom. The van der Waals surface area contributed by atoms with Crippen LogP contribution in [0.15, 0.2) is 53.4 Å². The molecule has 1 aliphatic rings. The van der Waals surface area contributed by atoms with E-state index in [0.717, 1.165) is 15.4 Å². The zero-order valence-corrected chi connectivity index (χ0v) is 17.3. The van der Waals surface area contributed by atoms with Crippen molar-refractivity contribution in [1.82, 2.24) is 4.31 Å². The van der Waals surface area contributed by atoms with Crippen molar-refractivity contribution in [3.63, 3.8) is 0 Å². The van der Waals surface area contributed by atoms with Crippen LogP contribution in [0.4, 0.5) is 4.39 Å². The van der Waals surface area contributed by atoms with Gasteiger partial charge in [-0.1, -0.05) is 24.3 Å². The molecule has 2 aromatic carbocycles. The molecule has 28 heavy (non-hydrogen) atoms. The number of carboxylic acid groups (broad SMARTS) is 1. The number of benzene rings is 2. The number of carbonyl (C=O) groups is 1. The number of carboxylic acids is 1. The second-order valence-corrected chi connectivity index (χ2v) is 10.8. The van der Waals surface area contributed by atoms with Crippen molar-refractivity contribution in [3.8, 4) is 11.1 Å². The zero-order valence-electron chi connectivity index (χ0n) is 15.6. The molecule has 1 fully saturated rings. The molecule has 1 atom stereocenters. The second-order valence-electron chi connectivity index (χ2n) is 7.19. The molecular formula is C20H22FNO4S2. The van der Waals surface area contributed by atoms with Crippen LogP contribution < -0.4 is 0 Å². The highest BCUT2D eigenvalue weighted by atomic mass is 32.2. The van der Waals surface area contributed by atoms with Gasteiger partial charge in [-0.05, 0) is 61.4 Å². The van der Waals surface area contributed by atoms with E-state index in [0.29, 0.717) is 12.2 Å². The molecule has 0 aliphatic carbocycles. The number of halogens is 1. The molecule has 0 bridgehead atoms. The maximum absolute atomic E-state index is 13.2. The summed E-state index contributed by atoms with van der Waals surface area (Å²) in [5.74, 6) is -0.790. The molecule has 2 aromatic rings. The third kappa shape index (κ3) is 4.09. The second kappa shape index (κ2) is 7.85. The minimum absolute atomic E-state index is 0.0484. The zero-order chi connectivity index (χ0) is 20.5. The average molecular weight is 424 g/mol. The average Bonchev–Trinajstić information content (AvgIpc) is 2.80. The topological polar surface area (TPSA) is 74.7 Å². The molecule has 0 unspecified atom stereocenters. The fraction of sp³-hybridized carbons (Fsp3) is 0.350. The molecule has 1 saturated heterocycles. The number of hydrogen-bond acceptors (Lipinski definition) is 4. The molecule has 5 nitrogen and oxygen atoms in total. The van der Waals surface area contributed by atoms with Crippen molar-refractivity contribution in [1.29, 1.82) is 0 Å². The van der Waals surface area contributed by atoms with Gasteiger partial charge in [-0.3, -0.25) is 4.79 Å². The maximum Gasteiger partial charge on any atom is 0.323 e. The van der Waals surface area contributed by atoms with Crippen LogP contribution in [0.25, 0.3) is 11.1 Å². The third-order valence-corrected chi connectivity index (χ3v) is 8.15. The van der Waals surface area contributed by atoms with Crippen LogP contribution in [0.1, 0.15) is 20.3 Å². The third-order valence-electron chi connectivity index (χ3n) is 4.82. The van der Waals surface area contributed by atoms with Gasteiger partial charge in [0.05, 0.1) is 4.90 Å². The summed E-state index contributed by atoms with van der Waals surface area (Å²) in [5.41, 5.74) is 1.52. The van der Waals surface area contributed by atoms with Crippen molar-refractivity contribution in [2.75, 3.05) is 12.3 Å². The fourth-order valence-corrected chi connectivity index (χ4v) is 6.39. The van der Waals surface area contributed by atoms with E-state index in [2.05, 4.69) is 0 Å². The van der Waals surface area contributed by atoms with E-state index in [1.54, 1.807) is 38.1 Å². The first-order valence-electron chi connectivity index (χ1n) is 8.87. The maximum atomic E-state index is 13.2. The van der Waals surface area contributed by atoms with Gasteiger partial charge < -0.3 is 5.11 Å². The van der Waals surface area contributed by atoms with Crippen molar-refractivity contribution >= 4 is 27.8 Å². The molecule has 1 heterocycles. The van der Waals surface area contributed by atoms with E-state index in [-0.39, 0.29) is 17.3 Å². The number of thioether (sulfide) groups is 1. The summed E-state index contributed by atoms with van der Waals surface area (Å²) < 4.78 is 39.9. The van der Waals surface area contributed by atoms with Crippen molar-refractivity contribution in [2.45, 2.75) is 36.0 Å². The van der Waals surface area contributed by atoms with Crippen molar-refractivity contribution < 1.29 is 22.7 Å². The summed E-state index contributed by atoms with van der Waals surface area (Å²) in [5, 5.41) is 9.74. The Hall–Kier alpha value is -1.90. The normalized spacial score (nSPS) is 20.5. The van der Waals surface area contributed by atoms with Crippen molar-refractivity contribution in [3.05, 3.63) is 54.3 Å². The Labute approximate surface area is 168 Å². The lowest BCUT2D eigenvalue weighted by molar-refractivity contribution is -0.142. The molecule has 0 radical (unpaired) electrons. The molecule has 150 valence electrons. The first-order chi connectivity index (χ1) is 13.1. The Morgan fingerprint density at radius 1 is 1.11 bits per heavy atom. The van der Waals surface area contributed by atoms with Crippen LogP contribution in [0, 0.1) is 5.82 Å². The summed E-state index contributed by atoms with van der Waals surface area (Å²) in [6.45, 7) is 3.69. The molecule has 0 spiro atoms. The number of hydrogen-bond donors (Lipinski definition) is 1. The van der Waals surface area contributed by atoms with Gasteiger partial charge in [-0.25, -0.2) is 12.8 Å². The Balaban J connectivity index is 1.96. The quantitative estimate of drug-likeness (QED) is 0.809. The van der Waals surface area contributed by atoms with E-state index in [4.69, 9.17) is 0 Å². The first-order valence-corrected chi connectivity index (χ1v) is 11.3. The fourth-order valence-electron chi connectivity index (χ4n) is 3.39. The van der Waals surface area contributed by atoms with Gasteiger partial charge >= 0.3 is 5.97 Å². The lowest BCUT2D eigenvalue weighted by Crippen LogP contribution is -2.54. The summed E-state index contributed by atoms with van der Waals surface area (Å²) in [4.78, 5) is 12.0. The minimum atomic E-state index is -3.98. The van der Waals surface area contributed by atoms with Gasteiger partial charge in [-0.15, -0.1) is 0 Å². The van der Waals surface area contributed by atoms with Gasteiger partial charge in [0.25, 0.3) is 0 Å². The lowest BCUT2D eigenvalue weighted by atomic mass is 10.0. The van der Waals surface area contributed by atoms with Gasteiger partial charge in [0.1, 0.15) is 11.9 Å². The highest BCUT2D eigenvalue weighted by molar-refractivity contribution is 8.00. The van der Waals surface area contributed by atoms with Gasteiger partial charge in [0.15, 0.2) is 0 Å². The predicted molar refractivity (Wildman–Crippen MR) is 108 cm³/mol. The SMILES string of the molecule is CC1(C)SCCCN(S(=O)(=O)c2ccc(-c3ccc(F)cc3)cc2)[C@H]1C(=O)O. The smallest absolute Gasteiger partial charge is 0.323 e. The monoisotopic (exact) mass is 423 g/mol. The molecule has 0 saturated carbocycles. The van der Waals surface area contributed by atoms with Crippen LogP contribution >= 0.6 is 11.8 Å². The number of sulfonamides is 1. The van der Waals surface area contributed by atoms with Gasteiger partial charge in [0, 0.05) is 11.3 Å². The van der Waals surface area contributed by atoms with E-state index in [1.165, 1.54) is 36.0 Å². The number of nitrogens with zero attached hydrogens (tertiary/aromatic N) is 1. The van der Waals surface area contributed by atoms with E-state index in [9.17, 15) is 22.7 Å². The Bertz CT molecular complexity index is 957. The Kier molecular flexibility index (Phi) is 5.84. The minimum Gasteiger partial charge on any atom is -0.480 e. The van der Waals surface area contributed by atoms with E-state index >= 15 is 0 Å². The predicted octanol–water partition coefficient (Wildman–Crippen LogP) is 3.85. The first kappa shape index (κ1) is 20.8. The number of aliphatic carboxylic acids is 1. The van der Waals surface area contributed by atoms with Crippen LogP contribution in [0.3, 0.4) is 0 Å². The highest BCUT2D eigenvalue weighted by Gasteiger charge is 2.46. The Morgan fingerprint density at radius 3 is 2.18 bits per heavy atom. The van der Waals surface area contributed by atoms with Crippen LogP contribution in [-0.2, 0) is 14.8 Å². The molecule has 8 heteroatoms. The molecule has 1 N–H and O–H groups in total. The van der Waals surface area contributed by atoms with Gasteiger partial charge in [0.2, 0.25) is 10.0 Å². The summed E-state index contributed by atoms with van der Waals surface area (Å²) in [6, 6.07) is 11.0. The van der Waals surface area contributed by atoms with Crippen LogP contribution in [0.5, 0.6) is 0 Å². The largest absolute Gasteiger partial charge is 0.480 e. The molecule has 1 aliphatic heterocycles. The van der Waals surface area contributed by atoms with Crippen LogP contribution in [0.2, 0.25) is 0 Å². The summed E-state index contributed by atoms with van der Waals surface area (Å²) in [7, 11) is -3.98. The lowest BCUT2D eigenvalue weighted by Gasteiger charge is -2.35. The van der Waals surface area contributed by atoms with E-state index < -0.39 is 26.8 Å². The summed E-state index contributed by atoms with van der Waals surface area (Å²) in [6.07, 6.45) is 0.588. The number of rotatable bonds is 4. The standard InChI is InChI=1S/C20H22FNO4S2/c1-20(2)18(19(23)24)22(12-3-13-27-20)28(25,26)17-10-6-15(7-11-17)14-4-8-16(21)9-5-14/h4-11,18H,3,12-13H2,1-2H3,(H,23,24)/t18-/m0/s1. The molecule has 0 aromatic heterocycles. The molecule has 3 rings (SSSR count). The van der Waals surface area contributed by atoms with Gasteiger partial charge in [-0.2, -0.15) is 16.1 Å². The summed E-state index contributed by atoms with van der Waals surface area (Å²) >= 11 is 1.48. The highest BCUT2D eigenvalue weighted by Crippen LogP contribution is 2.37. The van der Waals surface area contributed by atoms with E-state index in [1.807, 2.05) is 0 Å². The molecule has 0 amide bonds. The van der Waals surface area contributed by atoms with Crippen LogP contribution in [-0.4, -0.2) is 46.9 Å².